The van der Waals surface area contributed by atoms with E-state index in [0.717, 1.165) is 16.8 Å². The summed E-state index contributed by atoms with van der Waals surface area (Å²) in [6.45, 7) is 5.51. The first-order valence-corrected chi connectivity index (χ1v) is 9.07. The maximum Gasteiger partial charge on any atom is 0.415 e. The fourth-order valence-corrected chi connectivity index (χ4v) is 4.38. The minimum Gasteiger partial charge on any atom is -0.468 e. The predicted octanol–water partition coefficient (Wildman–Crippen LogP) is 4.02. The molecule has 1 saturated carbocycles. The van der Waals surface area contributed by atoms with Gasteiger partial charge in [0.1, 0.15) is 11.0 Å². The van der Waals surface area contributed by atoms with E-state index < -0.39 is 17.1 Å². The second kappa shape index (κ2) is 5.84. The Bertz CT molecular complexity index is 902. The second-order valence-electron chi connectivity index (χ2n) is 8.06. The molecule has 3 unspecified atom stereocenters. The topological polar surface area (TPSA) is 55.8 Å². The van der Waals surface area contributed by atoms with Crippen LogP contribution in [0.4, 0.5) is 10.5 Å². The highest BCUT2D eigenvalue weighted by molar-refractivity contribution is 6.03. The average Bonchev–Trinajstić information content (AvgIpc) is 3.19. The van der Waals surface area contributed by atoms with E-state index >= 15 is 0 Å². The summed E-state index contributed by atoms with van der Waals surface area (Å²) < 4.78 is 10.8. The molecule has 2 aromatic carbocycles. The molecule has 1 amide bonds. The van der Waals surface area contributed by atoms with Crippen molar-refractivity contribution in [3.63, 3.8) is 0 Å². The van der Waals surface area contributed by atoms with Crippen LogP contribution in [0.15, 0.2) is 54.6 Å². The molecule has 5 heteroatoms. The Morgan fingerprint density at radius 3 is 2.26 bits per heavy atom. The highest BCUT2D eigenvalue weighted by Crippen LogP contribution is 2.69. The lowest BCUT2D eigenvalue weighted by atomic mass is 9.88. The molecule has 1 fully saturated rings. The van der Waals surface area contributed by atoms with Gasteiger partial charge in [0.05, 0.1) is 18.8 Å². The number of para-hydroxylation sites is 1. The Labute approximate surface area is 158 Å². The average molecular weight is 365 g/mol. The lowest BCUT2D eigenvalue weighted by Gasteiger charge is -2.30. The van der Waals surface area contributed by atoms with E-state index in [-0.39, 0.29) is 17.9 Å². The third-order valence-electron chi connectivity index (χ3n) is 5.34. The lowest BCUT2D eigenvalue weighted by molar-refractivity contribution is -0.144. The molecule has 1 aliphatic heterocycles. The van der Waals surface area contributed by atoms with E-state index in [4.69, 9.17) is 9.47 Å². The second-order valence-corrected chi connectivity index (χ2v) is 8.06. The van der Waals surface area contributed by atoms with Crippen molar-refractivity contribution in [2.75, 3.05) is 12.0 Å². The van der Waals surface area contributed by atoms with Crippen LogP contribution in [0.5, 0.6) is 0 Å². The quantitative estimate of drug-likeness (QED) is 0.755. The zero-order valence-electron chi connectivity index (χ0n) is 15.9. The van der Waals surface area contributed by atoms with Gasteiger partial charge in [0.15, 0.2) is 0 Å². The summed E-state index contributed by atoms with van der Waals surface area (Å²) >= 11 is 0. The number of carbonyl (C=O) groups is 2. The molecule has 0 saturated heterocycles. The van der Waals surface area contributed by atoms with Gasteiger partial charge in [-0.25, -0.2) is 4.79 Å². The Morgan fingerprint density at radius 2 is 1.63 bits per heavy atom. The molecule has 3 atom stereocenters. The first kappa shape index (κ1) is 17.6. The zero-order chi connectivity index (χ0) is 19.4. The van der Waals surface area contributed by atoms with Crippen LogP contribution < -0.4 is 4.90 Å². The van der Waals surface area contributed by atoms with E-state index in [1.54, 1.807) is 4.90 Å². The number of hydrogen-bond acceptors (Lipinski definition) is 4. The minimum atomic E-state index is -0.902. The van der Waals surface area contributed by atoms with E-state index in [2.05, 4.69) is 0 Å². The van der Waals surface area contributed by atoms with Gasteiger partial charge in [-0.3, -0.25) is 9.69 Å². The van der Waals surface area contributed by atoms with Gasteiger partial charge in [0, 0.05) is 5.92 Å². The monoisotopic (exact) mass is 365 g/mol. The summed E-state index contributed by atoms with van der Waals surface area (Å²) in [6, 6.07) is 16.9. The summed E-state index contributed by atoms with van der Waals surface area (Å²) in [6.07, 6.45) is -0.441. The minimum absolute atomic E-state index is 0.143. The third kappa shape index (κ3) is 2.45. The van der Waals surface area contributed by atoms with Crippen molar-refractivity contribution >= 4 is 17.7 Å². The normalized spacial score (nSPS) is 25.4. The molecule has 0 N–H and O–H groups in total. The van der Waals surface area contributed by atoms with Gasteiger partial charge in [-0.1, -0.05) is 48.5 Å². The fraction of sp³-hybridized carbons (Fsp3) is 0.364. The molecule has 5 nitrogen and oxygen atoms in total. The van der Waals surface area contributed by atoms with Crippen molar-refractivity contribution in [3.05, 3.63) is 65.7 Å². The van der Waals surface area contributed by atoms with Gasteiger partial charge in [-0.15, -0.1) is 0 Å². The largest absolute Gasteiger partial charge is 0.468 e. The number of anilines is 1. The molecule has 1 aliphatic carbocycles. The lowest BCUT2D eigenvalue weighted by Crippen LogP contribution is -2.43. The first-order chi connectivity index (χ1) is 12.8. The molecule has 4 rings (SSSR count). The maximum absolute atomic E-state index is 13.0. The van der Waals surface area contributed by atoms with Crippen molar-refractivity contribution in [2.24, 2.45) is 0 Å². The number of carbonyl (C=O) groups excluding carboxylic acids is 2. The molecular weight excluding hydrogens is 342 g/mol. The van der Waals surface area contributed by atoms with E-state index in [0.29, 0.717) is 0 Å². The number of methoxy groups -OCH3 is 1. The fourth-order valence-electron chi connectivity index (χ4n) is 4.38. The number of hydrogen-bond donors (Lipinski definition) is 0. The number of benzene rings is 2. The highest BCUT2D eigenvalue weighted by atomic mass is 16.6. The summed E-state index contributed by atoms with van der Waals surface area (Å²) in [5, 5.41) is 0. The van der Waals surface area contributed by atoms with Gasteiger partial charge < -0.3 is 9.47 Å². The van der Waals surface area contributed by atoms with E-state index in [1.165, 1.54) is 7.11 Å². The smallest absolute Gasteiger partial charge is 0.415 e. The number of amides is 1. The summed E-state index contributed by atoms with van der Waals surface area (Å²) in [4.78, 5) is 27.6. The van der Waals surface area contributed by atoms with Crippen molar-refractivity contribution in [1.29, 1.82) is 0 Å². The standard InChI is InChI=1S/C22H23NO4/c1-21(2,3)27-20(25)23-16-13-9-8-12-15(16)17-18(23)22(17,19(24)26-4)14-10-6-5-7-11-14/h5-13,17-18H,1-4H3. The van der Waals surface area contributed by atoms with Crippen LogP contribution in [-0.4, -0.2) is 30.8 Å². The molecular formula is C22H23NO4. The van der Waals surface area contributed by atoms with Crippen LogP contribution in [0.25, 0.3) is 0 Å². The Morgan fingerprint density at radius 1 is 1.00 bits per heavy atom. The zero-order valence-corrected chi connectivity index (χ0v) is 15.9. The van der Waals surface area contributed by atoms with E-state index in [9.17, 15) is 9.59 Å². The third-order valence-corrected chi connectivity index (χ3v) is 5.34. The van der Waals surface area contributed by atoms with Crippen LogP contribution in [0.3, 0.4) is 0 Å². The van der Waals surface area contributed by atoms with Crippen LogP contribution in [-0.2, 0) is 19.7 Å². The van der Waals surface area contributed by atoms with Gasteiger partial charge in [0.25, 0.3) is 0 Å². The van der Waals surface area contributed by atoms with Crippen LogP contribution in [0.1, 0.15) is 37.8 Å². The van der Waals surface area contributed by atoms with Gasteiger partial charge >= 0.3 is 12.1 Å². The van der Waals surface area contributed by atoms with Crippen LogP contribution in [0.2, 0.25) is 0 Å². The predicted molar refractivity (Wildman–Crippen MR) is 102 cm³/mol. The molecule has 27 heavy (non-hydrogen) atoms. The molecule has 2 aliphatic rings. The SMILES string of the molecule is COC(=O)C1(c2ccccc2)C2c3ccccc3N(C(=O)OC(C)(C)C)C21. The van der Waals surface area contributed by atoms with Crippen molar-refractivity contribution in [2.45, 2.75) is 43.7 Å². The summed E-state index contributed by atoms with van der Waals surface area (Å²) in [7, 11) is 1.39. The van der Waals surface area contributed by atoms with Gasteiger partial charge in [-0.05, 0) is 38.0 Å². The number of nitrogens with zero attached hydrogens (tertiary/aromatic N) is 1. The number of rotatable bonds is 2. The van der Waals surface area contributed by atoms with Crippen molar-refractivity contribution in [1.82, 2.24) is 0 Å². The molecule has 0 radical (unpaired) electrons. The summed E-state index contributed by atoms with van der Waals surface area (Å²) in [5.74, 6) is -0.470. The van der Waals surface area contributed by atoms with Crippen molar-refractivity contribution in [3.8, 4) is 0 Å². The molecule has 0 bridgehead atoms. The molecule has 0 aromatic heterocycles. The molecule has 140 valence electrons. The highest BCUT2D eigenvalue weighted by Gasteiger charge is 2.78. The Kier molecular flexibility index (Phi) is 3.81. The summed E-state index contributed by atoms with van der Waals surface area (Å²) in [5.41, 5.74) is 1.11. The Hall–Kier alpha value is -2.82. The first-order valence-electron chi connectivity index (χ1n) is 9.07. The molecule has 2 aromatic rings. The molecule has 0 spiro atoms. The van der Waals surface area contributed by atoms with Gasteiger partial charge in [-0.2, -0.15) is 0 Å². The van der Waals surface area contributed by atoms with Crippen LogP contribution >= 0.6 is 0 Å². The number of fused-ring (bicyclic) bond motifs is 3. The number of esters is 1. The van der Waals surface area contributed by atoms with E-state index in [1.807, 2.05) is 75.4 Å². The number of ether oxygens (including phenoxy) is 2. The van der Waals surface area contributed by atoms with Crippen molar-refractivity contribution < 1.29 is 19.1 Å². The Balaban J connectivity index is 1.85. The maximum atomic E-state index is 13.0. The van der Waals surface area contributed by atoms with Crippen LogP contribution in [0, 0.1) is 0 Å². The molecule has 1 heterocycles. The van der Waals surface area contributed by atoms with Gasteiger partial charge in [0.2, 0.25) is 0 Å².